The smallest absolute Gasteiger partial charge is 0.326 e. The number of nitrogens with one attached hydrogen (secondary N) is 2. The van der Waals surface area contributed by atoms with Crippen LogP contribution < -0.4 is 10.6 Å². The highest BCUT2D eigenvalue weighted by atomic mass is 16.4. The third-order valence-electron chi connectivity index (χ3n) is 4.53. The molecule has 0 spiro atoms. The van der Waals surface area contributed by atoms with Crippen molar-refractivity contribution >= 4 is 23.6 Å². The number of hydrogen-bond donors (Lipinski definition) is 3. The van der Waals surface area contributed by atoms with Gasteiger partial charge in [-0.05, 0) is 24.3 Å². The van der Waals surface area contributed by atoms with Crippen molar-refractivity contribution in [2.75, 3.05) is 0 Å². The fourth-order valence-corrected chi connectivity index (χ4v) is 3.28. The molecule has 26 heavy (non-hydrogen) atoms. The number of hydrogen-bond acceptors (Lipinski definition) is 4. The first-order chi connectivity index (χ1) is 12.4. The molecule has 140 valence electrons. The Bertz CT molecular complexity index is 674. The molecule has 1 aromatic rings. The van der Waals surface area contributed by atoms with Crippen molar-refractivity contribution in [3.63, 3.8) is 0 Å². The van der Waals surface area contributed by atoms with Crippen molar-refractivity contribution in [3.05, 3.63) is 35.9 Å². The number of Topliss-reactive ketones (excluding diaryl/α,β-unsaturated/α-hetero) is 1. The Morgan fingerprint density at radius 1 is 1.19 bits per heavy atom. The number of benzene rings is 1. The summed E-state index contributed by atoms with van der Waals surface area (Å²) in [5.41, 5.74) is 0.848. The van der Waals surface area contributed by atoms with Gasteiger partial charge in [-0.2, -0.15) is 0 Å². The van der Waals surface area contributed by atoms with Crippen LogP contribution in [0.15, 0.2) is 30.3 Å². The van der Waals surface area contributed by atoms with E-state index in [-0.39, 0.29) is 24.5 Å². The summed E-state index contributed by atoms with van der Waals surface area (Å²) < 4.78 is 0. The van der Waals surface area contributed by atoms with Crippen LogP contribution in [0.5, 0.6) is 0 Å². The minimum atomic E-state index is -1.17. The predicted molar refractivity (Wildman–Crippen MR) is 94.3 cm³/mol. The van der Waals surface area contributed by atoms with Gasteiger partial charge in [-0.15, -0.1) is 0 Å². The molecule has 3 atom stereocenters. The summed E-state index contributed by atoms with van der Waals surface area (Å²) in [5.74, 6) is -2.51. The second-order valence-electron chi connectivity index (χ2n) is 6.66. The molecule has 2 rings (SSSR count). The molecule has 3 N–H and O–H groups in total. The van der Waals surface area contributed by atoms with Gasteiger partial charge < -0.3 is 15.7 Å². The highest BCUT2D eigenvalue weighted by Crippen LogP contribution is 2.24. The van der Waals surface area contributed by atoms with Crippen LogP contribution in [0.25, 0.3) is 0 Å². The lowest BCUT2D eigenvalue weighted by atomic mass is 9.83. The van der Waals surface area contributed by atoms with Gasteiger partial charge in [-0.25, -0.2) is 4.79 Å². The average Bonchev–Trinajstić information content (AvgIpc) is 2.59. The molecule has 2 amide bonds. The Kier molecular flexibility index (Phi) is 6.89. The quantitative estimate of drug-likeness (QED) is 0.673. The van der Waals surface area contributed by atoms with Gasteiger partial charge in [0.15, 0.2) is 0 Å². The fourth-order valence-electron chi connectivity index (χ4n) is 3.28. The lowest BCUT2D eigenvalue weighted by Crippen LogP contribution is -2.54. The van der Waals surface area contributed by atoms with E-state index in [4.69, 9.17) is 0 Å². The standard InChI is InChI=1S/C19H24N2O5/c1-12(22)20-16(10-13-6-3-2-4-7-13)18(24)21-17(19(25)26)14-8-5-9-15(23)11-14/h2-4,6-7,14,16-17H,5,8-11H2,1H3,(H,20,22)(H,21,24)(H,25,26)/t14-,16+,17-/m1/s1. The molecule has 1 fully saturated rings. The van der Waals surface area contributed by atoms with E-state index >= 15 is 0 Å². The van der Waals surface area contributed by atoms with E-state index in [0.29, 0.717) is 19.3 Å². The minimum absolute atomic E-state index is 0.0180. The number of aliphatic carboxylic acids is 1. The van der Waals surface area contributed by atoms with E-state index in [1.807, 2.05) is 30.3 Å². The zero-order chi connectivity index (χ0) is 19.1. The van der Waals surface area contributed by atoms with Crippen molar-refractivity contribution in [3.8, 4) is 0 Å². The molecule has 0 aliphatic heterocycles. The van der Waals surface area contributed by atoms with Gasteiger partial charge in [0.05, 0.1) is 0 Å². The zero-order valence-corrected chi connectivity index (χ0v) is 14.7. The van der Waals surface area contributed by atoms with Crippen LogP contribution in [-0.2, 0) is 25.6 Å². The summed E-state index contributed by atoms with van der Waals surface area (Å²) >= 11 is 0. The first-order valence-electron chi connectivity index (χ1n) is 8.72. The lowest BCUT2D eigenvalue weighted by molar-refractivity contribution is -0.144. The predicted octanol–water partition coefficient (Wildman–Crippen LogP) is 1.06. The molecule has 0 saturated heterocycles. The number of ketones is 1. The van der Waals surface area contributed by atoms with Crippen LogP contribution in [0.1, 0.15) is 38.2 Å². The van der Waals surface area contributed by atoms with Gasteiger partial charge in [0, 0.05) is 26.2 Å². The number of rotatable bonds is 7. The van der Waals surface area contributed by atoms with Crippen LogP contribution in [0.3, 0.4) is 0 Å². The normalized spacial score (nSPS) is 19.3. The van der Waals surface area contributed by atoms with E-state index in [1.165, 1.54) is 6.92 Å². The second-order valence-corrected chi connectivity index (χ2v) is 6.66. The lowest BCUT2D eigenvalue weighted by Gasteiger charge is -2.29. The van der Waals surface area contributed by atoms with E-state index in [0.717, 1.165) is 5.56 Å². The second kappa shape index (κ2) is 9.12. The first-order valence-corrected chi connectivity index (χ1v) is 8.72. The number of carbonyl (C=O) groups excluding carboxylic acids is 3. The maximum Gasteiger partial charge on any atom is 0.326 e. The number of carbonyl (C=O) groups is 4. The molecule has 0 heterocycles. The van der Waals surface area contributed by atoms with Crippen molar-refractivity contribution < 1.29 is 24.3 Å². The highest BCUT2D eigenvalue weighted by Gasteiger charge is 2.35. The van der Waals surface area contributed by atoms with Crippen molar-refractivity contribution in [1.82, 2.24) is 10.6 Å². The molecule has 7 nitrogen and oxygen atoms in total. The summed E-state index contributed by atoms with van der Waals surface area (Å²) in [6.07, 6.45) is 2.07. The van der Waals surface area contributed by atoms with E-state index in [2.05, 4.69) is 10.6 Å². The van der Waals surface area contributed by atoms with Gasteiger partial charge in [-0.1, -0.05) is 30.3 Å². The van der Waals surface area contributed by atoms with E-state index < -0.39 is 29.9 Å². The average molecular weight is 360 g/mol. The van der Waals surface area contributed by atoms with Crippen molar-refractivity contribution in [1.29, 1.82) is 0 Å². The van der Waals surface area contributed by atoms with Crippen LogP contribution in [0.4, 0.5) is 0 Å². The molecule has 1 saturated carbocycles. The number of carboxylic acid groups (broad SMARTS) is 1. The Balaban J connectivity index is 2.10. The molecule has 0 unspecified atom stereocenters. The fraction of sp³-hybridized carbons (Fsp3) is 0.474. The van der Waals surface area contributed by atoms with Crippen LogP contribution >= 0.6 is 0 Å². The molecule has 0 bridgehead atoms. The molecule has 0 radical (unpaired) electrons. The summed E-state index contributed by atoms with van der Waals surface area (Å²) in [5, 5.41) is 14.6. The van der Waals surface area contributed by atoms with Crippen molar-refractivity contribution in [2.24, 2.45) is 5.92 Å². The van der Waals surface area contributed by atoms with Gasteiger partial charge in [0.2, 0.25) is 11.8 Å². The van der Waals surface area contributed by atoms with Crippen LogP contribution in [0.2, 0.25) is 0 Å². The SMILES string of the molecule is CC(=O)N[C@@H](Cc1ccccc1)C(=O)N[C@@H](C(=O)O)[C@@H]1CCCC(=O)C1. The summed E-state index contributed by atoms with van der Waals surface area (Å²) in [4.78, 5) is 47.4. The molecule has 0 aromatic heterocycles. The molecule has 1 aliphatic carbocycles. The first kappa shape index (κ1) is 19.6. The Labute approximate surface area is 152 Å². The van der Waals surface area contributed by atoms with Crippen LogP contribution in [-0.4, -0.2) is 40.8 Å². The molecular formula is C19H24N2O5. The van der Waals surface area contributed by atoms with Gasteiger partial charge >= 0.3 is 5.97 Å². The Morgan fingerprint density at radius 3 is 2.46 bits per heavy atom. The molecule has 7 heteroatoms. The van der Waals surface area contributed by atoms with Crippen LogP contribution in [0, 0.1) is 5.92 Å². The molecule has 1 aliphatic rings. The van der Waals surface area contributed by atoms with Gasteiger partial charge in [-0.3, -0.25) is 14.4 Å². The maximum absolute atomic E-state index is 12.6. The highest BCUT2D eigenvalue weighted by molar-refractivity contribution is 5.90. The van der Waals surface area contributed by atoms with Crippen molar-refractivity contribution in [2.45, 2.75) is 51.1 Å². The minimum Gasteiger partial charge on any atom is -0.480 e. The topological polar surface area (TPSA) is 113 Å². The Hall–Kier alpha value is -2.70. The maximum atomic E-state index is 12.6. The largest absolute Gasteiger partial charge is 0.480 e. The number of amides is 2. The summed E-state index contributed by atoms with van der Waals surface area (Å²) in [6.45, 7) is 1.31. The molecular weight excluding hydrogens is 336 g/mol. The molecule has 1 aromatic carbocycles. The summed E-state index contributed by atoms with van der Waals surface area (Å²) in [6, 6.07) is 7.14. The number of carboxylic acids is 1. The van der Waals surface area contributed by atoms with Gasteiger partial charge in [0.1, 0.15) is 17.9 Å². The van der Waals surface area contributed by atoms with Gasteiger partial charge in [0.25, 0.3) is 0 Å². The van der Waals surface area contributed by atoms with E-state index in [9.17, 15) is 24.3 Å². The van der Waals surface area contributed by atoms with E-state index in [1.54, 1.807) is 0 Å². The monoisotopic (exact) mass is 360 g/mol. The zero-order valence-electron chi connectivity index (χ0n) is 14.7. The summed E-state index contributed by atoms with van der Waals surface area (Å²) in [7, 11) is 0. The third-order valence-corrected chi connectivity index (χ3v) is 4.53. The third kappa shape index (κ3) is 5.68. The Morgan fingerprint density at radius 2 is 1.88 bits per heavy atom.